The summed E-state index contributed by atoms with van der Waals surface area (Å²) in [5.74, 6) is 0.297. The van der Waals surface area contributed by atoms with Gasteiger partial charge in [-0.2, -0.15) is 4.31 Å². The third-order valence-corrected chi connectivity index (χ3v) is 7.20. The smallest absolute Gasteiger partial charge is 0.248 e. The summed E-state index contributed by atoms with van der Waals surface area (Å²) in [4.78, 5) is 4.68. The molecule has 8 heteroatoms. The van der Waals surface area contributed by atoms with E-state index in [9.17, 15) is 8.42 Å². The molecule has 3 rings (SSSR count). The molecule has 0 radical (unpaired) electrons. The van der Waals surface area contributed by atoms with Gasteiger partial charge in [0.1, 0.15) is 15.6 Å². The first-order chi connectivity index (χ1) is 10.8. The minimum absolute atomic E-state index is 0.132. The first kappa shape index (κ1) is 16.1. The summed E-state index contributed by atoms with van der Waals surface area (Å²) in [5, 5.41) is 4.49. The minimum Gasteiger partial charge on any atom is -0.360 e. The second kappa shape index (κ2) is 5.70. The second-order valence-electron chi connectivity index (χ2n) is 5.37. The normalized spacial score (nSPS) is 13.8. The molecule has 0 saturated heterocycles. The van der Waals surface area contributed by atoms with Crippen molar-refractivity contribution < 1.29 is 12.9 Å². The molecule has 0 aliphatic rings. The van der Waals surface area contributed by atoms with Crippen LogP contribution in [0.2, 0.25) is 0 Å². The first-order valence-corrected chi connectivity index (χ1v) is 9.34. The Kier molecular flexibility index (Phi) is 3.99. The van der Waals surface area contributed by atoms with Crippen molar-refractivity contribution in [3.63, 3.8) is 0 Å². The van der Waals surface area contributed by atoms with Gasteiger partial charge >= 0.3 is 0 Å². The lowest BCUT2D eigenvalue weighted by molar-refractivity contribution is 0.384. The van der Waals surface area contributed by atoms with Gasteiger partial charge in [-0.1, -0.05) is 17.3 Å². The van der Waals surface area contributed by atoms with E-state index in [0.717, 1.165) is 15.2 Å². The molecular weight excluding hydrogens is 334 g/mol. The molecule has 0 amide bonds. The molecule has 0 fully saturated rings. The zero-order valence-corrected chi connectivity index (χ0v) is 14.9. The molecule has 1 atom stereocenters. The number of aryl methyl sites for hydroxylation is 2. The molecule has 0 saturated carbocycles. The van der Waals surface area contributed by atoms with Crippen molar-refractivity contribution in [3.05, 3.63) is 40.7 Å². The number of fused-ring (bicyclic) bond motifs is 1. The van der Waals surface area contributed by atoms with Crippen LogP contribution in [0.4, 0.5) is 0 Å². The topological polar surface area (TPSA) is 76.3 Å². The van der Waals surface area contributed by atoms with E-state index in [0.29, 0.717) is 11.5 Å². The van der Waals surface area contributed by atoms with Gasteiger partial charge in [-0.3, -0.25) is 0 Å². The van der Waals surface area contributed by atoms with Crippen LogP contribution in [0, 0.1) is 13.8 Å². The number of thiazole rings is 1. The van der Waals surface area contributed by atoms with Gasteiger partial charge in [-0.25, -0.2) is 13.4 Å². The summed E-state index contributed by atoms with van der Waals surface area (Å²) in [7, 11) is -2.14. The predicted octanol–water partition coefficient (Wildman–Crippen LogP) is 3.28. The van der Waals surface area contributed by atoms with Crippen LogP contribution in [0.15, 0.2) is 33.7 Å². The summed E-state index contributed by atoms with van der Waals surface area (Å²) >= 11 is 1.50. The number of nitrogens with zero attached hydrogens (tertiary/aromatic N) is 3. The van der Waals surface area contributed by atoms with Crippen molar-refractivity contribution in [2.24, 2.45) is 0 Å². The molecular formula is C15H17N3O3S2. The maximum absolute atomic E-state index is 12.9. The number of para-hydroxylation sites is 1. The zero-order valence-electron chi connectivity index (χ0n) is 13.3. The quantitative estimate of drug-likeness (QED) is 0.721. The molecule has 0 aliphatic heterocycles. The number of hydrogen-bond acceptors (Lipinski definition) is 6. The van der Waals surface area contributed by atoms with Crippen molar-refractivity contribution in [2.75, 3.05) is 7.05 Å². The Hall–Kier alpha value is -1.77. The Labute approximate surface area is 138 Å². The van der Waals surface area contributed by atoms with E-state index >= 15 is 0 Å². The highest BCUT2D eigenvalue weighted by molar-refractivity contribution is 7.89. The van der Waals surface area contributed by atoms with E-state index in [1.807, 2.05) is 31.2 Å². The largest absolute Gasteiger partial charge is 0.360 e. The van der Waals surface area contributed by atoms with Crippen molar-refractivity contribution >= 4 is 31.6 Å². The number of aromatic nitrogens is 2. The highest BCUT2D eigenvalue weighted by Crippen LogP contribution is 2.33. The lowest BCUT2D eigenvalue weighted by Gasteiger charge is -2.22. The van der Waals surface area contributed by atoms with E-state index in [1.165, 1.54) is 15.6 Å². The number of hydrogen-bond donors (Lipinski definition) is 0. The van der Waals surface area contributed by atoms with E-state index in [4.69, 9.17) is 4.52 Å². The highest BCUT2D eigenvalue weighted by Gasteiger charge is 2.33. The van der Waals surface area contributed by atoms with Crippen molar-refractivity contribution in [1.29, 1.82) is 0 Å². The lowest BCUT2D eigenvalue weighted by atomic mass is 10.3. The summed E-state index contributed by atoms with van der Waals surface area (Å²) in [5.41, 5.74) is 1.24. The molecule has 2 aromatic heterocycles. The summed E-state index contributed by atoms with van der Waals surface area (Å²) in [6.07, 6.45) is 0. The lowest BCUT2D eigenvalue weighted by Crippen LogP contribution is -2.30. The molecule has 0 spiro atoms. The minimum atomic E-state index is -3.70. The fraction of sp³-hybridized carbons (Fsp3) is 0.333. The van der Waals surface area contributed by atoms with Crippen LogP contribution < -0.4 is 0 Å². The van der Waals surface area contributed by atoms with E-state index in [1.54, 1.807) is 20.9 Å². The van der Waals surface area contributed by atoms with Gasteiger partial charge in [-0.05, 0) is 32.9 Å². The number of rotatable bonds is 4. The zero-order chi connectivity index (χ0) is 16.8. The van der Waals surface area contributed by atoms with Gasteiger partial charge in [0.25, 0.3) is 0 Å². The predicted molar refractivity (Wildman–Crippen MR) is 89.0 cm³/mol. The summed E-state index contributed by atoms with van der Waals surface area (Å²) in [6.45, 7) is 5.05. The molecule has 1 unspecified atom stereocenters. The van der Waals surface area contributed by atoms with E-state index in [2.05, 4.69) is 10.1 Å². The van der Waals surface area contributed by atoms with Crippen LogP contribution in [0.25, 0.3) is 10.2 Å². The van der Waals surface area contributed by atoms with Crippen LogP contribution in [-0.2, 0) is 10.0 Å². The van der Waals surface area contributed by atoms with Gasteiger partial charge in [0.15, 0.2) is 5.76 Å². The molecule has 0 aliphatic carbocycles. The van der Waals surface area contributed by atoms with Crippen LogP contribution in [0.3, 0.4) is 0 Å². The fourth-order valence-electron chi connectivity index (χ4n) is 2.42. The monoisotopic (exact) mass is 351 g/mol. The van der Waals surface area contributed by atoms with Gasteiger partial charge < -0.3 is 4.52 Å². The van der Waals surface area contributed by atoms with Crippen molar-refractivity contribution in [2.45, 2.75) is 31.7 Å². The van der Waals surface area contributed by atoms with E-state index in [-0.39, 0.29) is 10.9 Å². The Balaban J connectivity index is 2.00. The number of benzene rings is 1. The Morgan fingerprint density at radius 2 is 1.96 bits per heavy atom. The van der Waals surface area contributed by atoms with Gasteiger partial charge in [0.05, 0.1) is 16.3 Å². The highest BCUT2D eigenvalue weighted by atomic mass is 32.2. The Morgan fingerprint density at radius 1 is 1.26 bits per heavy atom. The van der Waals surface area contributed by atoms with Crippen LogP contribution in [0.5, 0.6) is 0 Å². The average Bonchev–Trinajstić information content (AvgIpc) is 3.09. The molecule has 1 aromatic carbocycles. The number of sulfonamides is 1. The molecule has 2 heterocycles. The van der Waals surface area contributed by atoms with E-state index < -0.39 is 10.0 Å². The SMILES string of the molecule is Cc1noc(C)c1S(=O)(=O)N(C)C(C)c1nc2ccccc2s1. The summed E-state index contributed by atoms with van der Waals surface area (Å²) in [6, 6.07) is 7.38. The molecule has 122 valence electrons. The van der Waals surface area contributed by atoms with Crippen LogP contribution >= 0.6 is 11.3 Å². The Bertz CT molecular complexity index is 907. The summed E-state index contributed by atoms with van der Waals surface area (Å²) < 4.78 is 33.1. The van der Waals surface area contributed by atoms with Crippen LogP contribution in [-0.4, -0.2) is 29.9 Å². The fourth-order valence-corrected chi connectivity index (χ4v) is 5.16. The maximum atomic E-state index is 12.9. The molecule has 6 nitrogen and oxygen atoms in total. The van der Waals surface area contributed by atoms with Gasteiger partial charge in [0, 0.05) is 7.05 Å². The average molecular weight is 351 g/mol. The Morgan fingerprint density at radius 3 is 2.57 bits per heavy atom. The standard InChI is InChI=1S/C15H17N3O3S2/c1-9-14(11(3)21-17-9)23(19,20)18(4)10(2)15-16-12-7-5-6-8-13(12)22-15/h5-8,10H,1-4H3. The van der Waals surface area contributed by atoms with Crippen molar-refractivity contribution in [3.8, 4) is 0 Å². The van der Waals surface area contributed by atoms with Crippen molar-refractivity contribution in [1.82, 2.24) is 14.4 Å². The second-order valence-corrected chi connectivity index (χ2v) is 8.37. The molecule has 0 N–H and O–H groups in total. The molecule has 0 bridgehead atoms. The van der Waals surface area contributed by atoms with Crippen LogP contribution in [0.1, 0.15) is 29.4 Å². The maximum Gasteiger partial charge on any atom is 0.248 e. The van der Waals surface area contributed by atoms with Gasteiger partial charge in [0.2, 0.25) is 10.0 Å². The third-order valence-electron chi connectivity index (χ3n) is 3.82. The third kappa shape index (κ3) is 2.66. The molecule has 3 aromatic rings. The molecule has 23 heavy (non-hydrogen) atoms. The first-order valence-electron chi connectivity index (χ1n) is 7.08. The van der Waals surface area contributed by atoms with Gasteiger partial charge in [-0.15, -0.1) is 11.3 Å².